The minimum absolute atomic E-state index is 0.00279. The van der Waals surface area contributed by atoms with E-state index in [1.54, 1.807) is 17.5 Å². The lowest BCUT2D eigenvalue weighted by atomic mass is 10.1. The first-order valence-corrected chi connectivity index (χ1v) is 8.19. The number of thiol groups is 1. The van der Waals surface area contributed by atoms with Crippen LogP contribution < -0.4 is 4.72 Å². The van der Waals surface area contributed by atoms with Gasteiger partial charge in [0.15, 0.2) is 5.78 Å². The molecule has 0 unspecified atom stereocenters. The zero-order valence-corrected chi connectivity index (χ0v) is 12.1. The predicted molar refractivity (Wildman–Crippen MR) is 77.5 cm³/mol. The van der Waals surface area contributed by atoms with Gasteiger partial charge in [0.1, 0.15) is 0 Å². The van der Waals surface area contributed by atoms with Crippen molar-refractivity contribution in [1.82, 2.24) is 4.98 Å². The lowest BCUT2D eigenvalue weighted by Gasteiger charge is -2.06. The molecule has 100 valence electrons. The number of anilines is 1. The number of carbonyl (C=O) groups is 1. The van der Waals surface area contributed by atoms with Crippen LogP contribution in [0.15, 0.2) is 40.2 Å². The number of hydrogen-bond donors (Lipinski definition) is 2. The largest absolute Gasteiger partial charge is 0.293 e. The molecule has 0 fully saturated rings. The molecule has 0 aliphatic heterocycles. The molecular formula is C11H10N2O3S3. The molecule has 1 aromatic heterocycles. The van der Waals surface area contributed by atoms with Crippen LogP contribution in [0.25, 0.3) is 0 Å². The molecule has 0 aliphatic carbocycles. The maximum absolute atomic E-state index is 11.9. The maximum atomic E-state index is 11.9. The number of nitrogens with zero attached hydrogens (tertiary/aromatic N) is 1. The summed E-state index contributed by atoms with van der Waals surface area (Å²) in [5.41, 5.74) is 0.873. The number of carbonyl (C=O) groups excluding carboxylic acids is 1. The molecule has 2 aromatic rings. The maximum Gasteiger partial charge on any atom is 0.289 e. The van der Waals surface area contributed by atoms with Crippen molar-refractivity contribution in [2.24, 2.45) is 0 Å². The molecule has 2 rings (SSSR count). The van der Waals surface area contributed by atoms with Crippen LogP contribution in [-0.4, -0.2) is 24.9 Å². The Morgan fingerprint density at radius 2 is 2.00 bits per heavy atom. The van der Waals surface area contributed by atoms with Crippen molar-refractivity contribution in [3.8, 4) is 0 Å². The van der Waals surface area contributed by atoms with E-state index in [-0.39, 0.29) is 15.9 Å². The lowest BCUT2D eigenvalue weighted by molar-refractivity contribution is 0.102. The zero-order valence-electron chi connectivity index (χ0n) is 9.61. The molecule has 0 amide bonds. The molecule has 0 bridgehead atoms. The fourth-order valence-electron chi connectivity index (χ4n) is 1.36. The third-order valence-corrected chi connectivity index (χ3v) is 5.11. The monoisotopic (exact) mass is 314 g/mol. The standard InChI is InChI=1S/C11H10N2O3S3/c14-10(7-17)8-1-3-9(4-2-8)13-19(15,16)11-12-5-6-18-11/h1-6,13,17H,7H2. The molecule has 0 aliphatic rings. The molecule has 0 atom stereocenters. The molecule has 5 nitrogen and oxygen atoms in total. The molecule has 0 saturated heterocycles. The summed E-state index contributed by atoms with van der Waals surface area (Å²) in [6.07, 6.45) is 1.42. The number of thiazole rings is 1. The molecule has 0 saturated carbocycles. The second-order valence-electron chi connectivity index (χ2n) is 3.56. The van der Waals surface area contributed by atoms with Gasteiger partial charge in [-0.15, -0.1) is 11.3 Å². The molecular weight excluding hydrogens is 304 g/mol. The Morgan fingerprint density at radius 3 is 2.53 bits per heavy atom. The summed E-state index contributed by atoms with van der Waals surface area (Å²) >= 11 is 4.93. The summed E-state index contributed by atoms with van der Waals surface area (Å²) in [6.45, 7) is 0. The molecule has 1 aromatic carbocycles. The summed E-state index contributed by atoms with van der Waals surface area (Å²) < 4.78 is 26.2. The van der Waals surface area contributed by atoms with Crippen LogP contribution in [0.3, 0.4) is 0 Å². The van der Waals surface area contributed by atoms with Gasteiger partial charge in [-0.3, -0.25) is 9.52 Å². The number of Topliss-reactive ketones (excluding diaryl/α,β-unsaturated/α-hetero) is 1. The van der Waals surface area contributed by atoms with Crippen LogP contribution in [-0.2, 0) is 10.0 Å². The van der Waals surface area contributed by atoms with Crippen molar-refractivity contribution >= 4 is 45.5 Å². The normalized spacial score (nSPS) is 11.2. The van der Waals surface area contributed by atoms with E-state index in [0.29, 0.717) is 11.3 Å². The van der Waals surface area contributed by atoms with Crippen LogP contribution in [0.2, 0.25) is 0 Å². The van der Waals surface area contributed by atoms with Crippen LogP contribution in [0.1, 0.15) is 10.4 Å². The molecule has 1 heterocycles. The summed E-state index contributed by atoms with van der Waals surface area (Å²) in [5.74, 6) is 0.00199. The van der Waals surface area contributed by atoms with Gasteiger partial charge in [-0.2, -0.15) is 21.0 Å². The fraction of sp³-hybridized carbons (Fsp3) is 0.0909. The Morgan fingerprint density at radius 1 is 1.32 bits per heavy atom. The highest BCUT2D eigenvalue weighted by atomic mass is 32.2. The summed E-state index contributed by atoms with van der Waals surface area (Å²) in [7, 11) is -3.65. The van der Waals surface area contributed by atoms with Crippen molar-refractivity contribution in [3.63, 3.8) is 0 Å². The van der Waals surface area contributed by atoms with Gasteiger partial charge in [-0.1, -0.05) is 0 Å². The molecule has 1 N–H and O–H groups in total. The van der Waals surface area contributed by atoms with Gasteiger partial charge in [0, 0.05) is 22.8 Å². The van der Waals surface area contributed by atoms with Gasteiger partial charge < -0.3 is 0 Å². The Bertz CT molecular complexity index is 664. The number of aromatic nitrogens is 1. The van der Waals surface area contributed by atoms with E-state index in [1.807, 2.05) is 0 Å². The first kappa shape index (κ1) is 14.0. The number of rotatable bonds is 5. The van der Waals surface area contributed by atoms with Crippen molar-refractivity contribution in [3.05, 3.63) is 41.4 Å². The van der Waals surface area contributed by atoms with E-state index in [1.165, 1.54) is 18.3 Å². The average Bonchev–Trinajstić information content (AvgIpc) is 2.93. The second-order valence-corrected chi connectivity index (χ2v) is 6.63. The highest BCUT2D eigenvalue weighted by Gasteiger charge is 2.16. The average molecular weight is 314 g/mol. The van der Waals surface area contributed by atoms with E-state index < -0.39 is 10.0 Å². The summed E-state index contributed by atoms with van der Waals surface area (Å²) in [4.78, 5) is 15.1. The van der Waals surface area contributed by atoms with Crippen LogP contribution in [0.5, 0.6) is 0 Å². The van der Waals surface area contributed by atoms with E-state index in [9.17, 15) is 13.2 Å². The van der Waals surface area contributed by atoms with E-state index in [4.69, 9.17) is 0 Å². The second kappa shape index (κ2) is 5.72. The number of sulfonamides is 1. The Balaban J connectivity index is 2.19. The smallest absolute Gasteiger partial charge is 0.289 e. The number of nitrogens with one attached hydrogen (secondary N) is 1. The Hall–Kier alpha value is -1.38. The minimum Gasteiger partial charge on any atom is -0.293 e. The fourth-order valence-corrected chi connectivity index (χ4v) is 3.43. The molecule has 19 heavy (non-hydrogen) atoms. The first-order chi connectivity index (χ1) is 9.03. The SMILES string of the molecule is O=C(CS)c1ccc(NS(=O)(=O)c2nccs2)cc1. The van der Waals surface area contributed by atoms with Crippen LogP contribution in [0, 0.1) is 0 Å². The van der Waals surface area contributed by atoms with Crippen molar-refractivity contribution in [2.75, 3.05) is 10.5 Å². The van der Waals surface area contributed by atoms with Gasteiger partial charge in [0.2, 0.25) is 4.34 Å². The van der Waals surface area contributed by atoms with Crippen LogP contribution in [0.4, 0.5) is 5.69 Å². The van der Waals surface area contributed by atoms with Crippen LogP contribution >= 0.6 is 24.0 Å². The highest BCUT2D eigenvalue weighted by molar-refractivity contribution is 7.94. The first-order valence-electron chi connectivity index (χ1n) is 5.19. The molecule has 0 radical (unpaired) electrons. The zero-order chi connectivity index (χ0) is 13.9. The van der Waals surface area contributed by atoms with Gasteiger partial charge in [-0.25, -0.2) is 4.98 Å². The third-order valence-electron chi connectivity index (χ3n) is 2.24. The van der Waals surface area contributed by atoms with Gasteiger partial charge in [-0.05, 0) is 24.3 Å². The van der Waals surface area contributed by atoms with E-state index in [0.717, 1.165) is 11.3 Å². The van der Waals surface area contributed by atoms with Gasteiger partial charge in [0.25, 0.3) is 10.0 Å². The molecule has 8 heteroatoms. The van der Waals surface area contributed by atoms with Gasteiger partial charge >= 0.3 is 0 Å². The van der Waals surface area contributed by atoms with Crippen molar-refractivity contribution < 1.29 is 13.2 Å². The Labute approximate surface area is 120 Å². The summed E-state index contributed by atoms with van der Waals surface area (Å²) in [6, 6.07) is 6.17. The number of ketones is 1. The number of benzene rings is 1. The topological polar surface area (TPSA) is 76.1 Å². The quantitative estimate of drug-likeness (QED) is 0.654. The Kier molecular flexibility index (Phi) is 4.23. The van der Waals surface area contributed by atoms with E-state index in [2.05, 4.69) is 22.3 Å². The number of hydrogen-bond acceptors (Lipinski definition) is 6. The lowest BCUT2D eigenvalue weighted by Crippen LogP contribution is -2.12. The van der Waals surface area contributed by atoms with Gasteiger partial charge in [0.05, 0.1) is 5.75 Å². The van der Waals surface area contributed by atoms with Crippen molar-refractivity contribution in [2.45, 2.75) is 4.34 Å². The third kappa shape index (κ3) is 3.34. The summed E-state index contributed by atoms with van der Waals surface area (Å²) in [5, 5.41) is 1.59. The minimum atomic E-state index is -3.65. The highest BCUT2D eigenvalue weighted by Crippen LogP contribution is 2.18. The molecule has 0 spiro atoms. The predicted octanol–water partition coefficient (Wildman–Crippen LogP) is 2.06. The van der Waals surface area contributed by atoms with Crippen molar-refractivity contribution in [1.29, 1.82) is 0 Å². The van der Waals surface area contributed by atoms with E-state index >= 15 is 0 Å².